The summed E-state index contributed by atoms with van der Waals surface area (Å²) >= 11 is 0. The molecule has 1 saturated heterocycles. The smallest absolute Gasteiger partial charge is 0.243 e. The fourth-order valence-corrected chi connectivity index (χ4v) is 7.26. The van der Waals surface area contributed by atoms with E-state index in [1.807, 2.05) is 30.3 Å². The number of rotatable bonds is 9. The summed E-state index contributed by atoms with van der Waals surface area (Å²) in [7, 11) is -7.53. The van der Waals surface area contributed by atoms with Gasteiger partial charge in [0.1, 0.15) is 0 Å². The van der Waals surface area contributed by atoms with Crippen LogP contribution < -0.4 is 4.72 Å². The summed E-state index contributed by atoms with van der Waals surface area (Å²) in [5.41, 5.74) is 0.884. The molecule has 2 aromatic rings. The van der Waals surface area contributed by atoms with Crippen LogP contribution in [-0.2, 0) is 31.3 Å². The lowest BCUT2D eigenvalue weighted by atomic mass is 9.96. The van der Waals surface area contributed by atoms with E-state index >= 15 is 0 Å². The van der Waals surface area contributed by atoms with Gasteiger partial charge < -0.3 is 4.74 Å². The zero-order chi connectivity index (χ0) is 23.3. The molecule has 1 N–H and O–H groups in total. The van der Waals surface area contributed by atoms with Gasteiger partial charge in [-0.15, -0.1) is 0 Å². The van der Waals surface area contributed by atoms with Gasteiger partial charge in [-0.05, 0) is 55.5 Å². The number of benzene rings is 2. The second kappa shape index (κ2) is 10.7. The van der Waals surface area contributed by atoms with E-state index in [0.29, 0.717) is 6.61 Å². The van der Waals surface area contributed by atoms with Gasteiger partial charge in [-0.25, -0.2) is 21.6 Å². The molecule has 0 radical (unpaired) electrons. The van der Waals surface area contributed by atoms with Crippen molar-refractivity contribution in [2.45, 2.75) is 73.4 Å². The maximum absolute atomic E-state index is 13.5. The van der Waals surface area contributed by atoms with E-state index in [4.69, 9.17) is 4.74 Å². The van der Waals surface area contributed by atoms with E-state index < -0.39 is 20.0 Å². The van der Waals surface area contributed by atoms with Crippen molar-refractivity contribution < 1.29 is 21.6 Å². The largest absolute Gasteiger partial charge is 0.377 e. The third-order valence-corrected chi connectivity index (χ3v) is 9.69. The summed E-state index contributed by atoms with van der Waals surface area (Å²) in [5, 5.41) is 0. The van der Waals surface area contributed by atoms with Crippen molar-refractivity contribution in [2.75, 3.05) is 13.2 Å². The van der Waals surface area contributed by atoms with Gasteiger partial charge in [0, 0.05) is 25.7 Å². The number of nitrogens with zero attached hydrogens (tertiary/aromatic N) is 1. The minimum atomic E-state index is -3.84. The van der Waals surface area contributed by atoms with Gasteiger partial charge in [0.05, 0.1) is 15.9 Å². The van der Waals surface area contributed by atoms with Crippen molar-refractivity contribution in [3.63, 3.8) is 0 Å². The minimum absolute atomic E-state index is 0.0556. The molecular weight excluding hydrogens is 460 g/mol. The molecule has 1 aliphatic heterocycles. The lowest BCUT2D eigenvalue weighted by Gasteiger charge is -2.25. The minimum Gasteiger partial charge on any atom is -0.377 e. The van der Waals surface area contributed by atoms with Crippen LogP contribution >= 0.6 is 0 Å². The molecule has 7 nitrogen and oxygen atoms in total. The molecule has 1 saturated carbocycles. The molecule has 0 amide bonds. The van der Waals surface area contributed by atoms with Crippen LogP contribution in [0.2, 0.25) is 0 Å². The van der Waals surface area contributed by atoms with Crippen molar-refractivity contribution in [1.29, 1.82) is 0 Å². The first-order valence-corrected chi connectivity index (χ1v) is 14.5. The van der Waals surface area contributed by atoms with Crippen LogP contribution in [0.4, 0.5) is 0 Å². The first-order valence-electron chi connectivity index (χ1n) is 11.6. The van der Waals surface area contributed by atoms with Crippen LogP contribution in [0.15, 0.2) is 64.4 Å². The Hall–Kier alpha value is -1.78. The lowest BCUT2D eigenvalue weighted by Crippen LogP contribution is -2.37. The predicted molar refractivity (Wildman–Crippen MR) is 127 cm³/mol. The van der Waals surface area contributed by atoms with Crippen LogP contribution in [0.25, 0.3) is 0 Å². The van der Waals surface area contributed by atoms with Crippen LogP contribution in [-0.4, -0.2) is 46.4 Å². The van der Waals surface area contributed by atoms with Gasteiger partial charge in [-0.3, -0.25) is 0 Å². The van der Waals surface area contributed by atoms with Crippen LogP contribution in [0, 0.1) is 0 Å². The fourth-order valence-electron chi connectivity index (χ4n) is 4.50. The molecule has 2 fully saturated rings. The molecule has 9 heteroatoms. The highest BCUT2D eigenvalue weighted by molar-refractivity contribution is 7.89. The van der Waals surface area contributed by atoms with Crippen molar-refractivity contribution in [3.8, 4) is 0 Å². The van der Waals surface area contributed by atoms with Gasteiger partial charge in [-0.1, -0.05) is 49.6 Å². The standard InChI is InChI=1S/C24H32N2O5S2/c27-32(28,25-21-10-5-2-6-11-21)23-13-15-24(16-14-23)33(29,30)26(19-22-12-7-17-31-22)18-20-8-3-1-4-9-20/h1,3-4,8-9,13-16,21-22,25H,2,5-7,10-12,17-19H2. The third-order valence-electron chi connectivity index (χ3n) is 6.33. The average molecular weight is 493 g/mol. The third kappa shape index (κ3) is 6.22. The van der Waals surface area contributed by atoms with Crippen molar-refractivity contribution in [3.05, 3.63) is 60.2 Å². The molecular formula is C24H32N2O5S2. The molecule has 4 rings (SSSR count). The molecule has 2 aliphatic rings. The number of hydrogen-bond donors (Lipinski definition) is 1. The Labute approximate surface area is 197 Å². The molecule has 180 valence electrons. The highest BCUT2D eigenvalue weighted by Crippen LogP contribution is 2.24. The molecule has 0 spiro atoms. The zero-order valence-electron chi connectivity index (χ0n) is 18.7. The summed E-state index contributed by atoms with van der Waals surface area (Å²) < 4.78 is 62.5. The first-order chi connectivity index (χ1) is 15.8. The second-order valence-electron chi connectivity index (χ2n) is 8.85. The molecule has 1 atom stereocenters. The molecule has 1 unspecified atom stereocenters. The molecule has 2 aromatic carbocycles. The summed E-state index contributed by atoms with van der Waals surface area (Å²) in [6, 6.07) is 14.9. The molecule has 33 heavy (non-hydrogen) atoms. The van der Waals surface area contributed by atoms with Gasteiger partial charge in [-0.2, -0.15) is 4.31 Å². The van der Waals surface area contributed by atoms with E-state index in [1.165, 1.54) is 28.6 Å². The number of ether oxygens (including phenoxy) is 1. The van der Waals surface area contributed by atoms with Gasteiger partial charge >= 0.3 is 0 Å². The van der Waals surface area contributed by atoms with E-state index in [-0.39, 0.29) is 35.0 Å². The normalized spacial score (nSPS) is 20.3. The predicted octanol–water partition coefficient (Wildman–Crippen LogP) is 3.67. The van der Waals surface area contributed by atoms with Crippen molar-refractivity contribution in [1.82, 2.24) is 9.03 Å². The summed E-state index contributed by atoms with van der Waals surface area (Å²) in [5.74, 6) is 0. The Morgan fingerprint density at radius 2 is 1.48 bits per heavy atom. The average Bonchev–Trinajstić information content (AvgIpc) is 3.33. The Bertz CT molecular complexity index is 1110. The summed E-state index contributed by atoms with van der Waals surface area (Å²) in [4.78, 5) is 0.161. The van der Waals surface area contributed by atoms with E-state index in [0.717, 1.165) is 50.5 Å². The fraction of sp³-hybridized carbons (Fsp3) is 0.500. The second-order valence-corrected chi connectivity index (χ2v) is 12.5. The summed E-state index contributed by atoms with van der Waals surface area (Å²) in [6.07, 6.45) is 6.46. The molecule has 0 aromatic heterocycles. The van der Waals surface area contributed by atoms with Gasteiger partial charge in [0.2, 0.25) is 20.0 Å². The Morgan fingerprint density at radius 3 is 2.12 bits per heavy atom. The van der Waals surface area contributed by atoms with Crippen LogP contribution in [0.5, 0.6) is 0 Å². The van der Waals surface area contributed by atoms with Crippen LogP contribution in [0.1, 0.15) is 50.5 Å². The van der Waals surface area contributed by atoms with E-state index in [9.17, 15) is 16.8 Å². The Kier molecular flexibility index (Phi) is 7.86. The van der Waals surface area contributed by atoms with Gasteiger partial charge in [0.25, 0.3) is 0 Å². The Morgan fingerprint density at radius 1 is 0.818 bits per heavy atom. The monoisotopic (exact) mass is 492 g/mol. The van der Waals surface area contributed by atoms with Gasteiger partial charge in [0.15, 0.2) is 0 Å². The van der Waals surface area contributed by atoms with Crippen molar-refractivity contribution in [2.24, 2.45) is 0 Å². The number of hydrogen-bond acceptors (Lipinski definition) is 5. The highest BCUT2D eigenvalue weighted by Gasteiger charge is 2.30. The Balaban J connectivity index is 1.54. The van der Waals surface area contributed by atoms with Crippen molar-refractivity contribution >= 4 is 20.0 Å². The molecule has 1 heterocycles. The number of nitrogens with one attached hydrogen (secondary N) is 1. The molecule has 0 bridgehead atoms. The lowest BCUT2D eigenvalue weighted by molar-refractivity contribution is 0.0926. The topological polar surface area (TPSA) is 92.8 Å². The maximum Gasteiger partial charge on any atom is 0.243 e. The summed E-state index contributed by atoms with van der Waals surface area (Å²) in [6.45, 7) is 1.14. The van der Waals surface area contributed by atoms with Crippen LogP contribution in [0.3, 0.4) is 0 Å². The SMILES string of the molecule is O=S(=O)(NC1CCCCC1)c1ccc(S(=O)(=O)N(Cc2ccccc2)CC2CCCO2)cc1. The quantitative estimate of drug-likeness (QED) is 0.577. The van der Waals surface area contributed by atoms with E-state index in [2.05, 4.69) is 4.72 Å². The zero-order valence-corrected chi connectivity index (χ0v) is 20.4. The van der Waals surface area contributed by atoms with E-state index in [1.54, 1.807) is 0 Å². The maximum atomic E-state index is 13.5. The first kappa shape index (κ1) is 24.3. The highest BCUT2D eigenvalue weighted by atomic mass is 32.2. The number of sulfonamides is 2. The molecule has 1 aliphatic carbocycles.